The fourth-order valence-corrected chi connectivity index (χ4v) is 3.35. The first-order chi connectivity index (χ1) is 15.8. The highest BCUT2D eigenvalue weighted by molar-refractivity contribution is 5.47. The van der Waals surface area contributed by atoms with E-state index in [0.29, 0.717) is 13.2 Å². The molecule has 1 N–H and O–H groups in total. The van der Waals surface area contributed by atoms with Gasteiger partial charge in [-0.3, -0.25) is 0 Å². The van der Waals surface area contributed by atoms with Gasteiger partial charge in [0.2, 0.25) is 0 Å². The predicted molar refractivity (Wildman–Crippen MR) is 132 cm³/mol. The van der Waals surface area contributed by atoms with Crippen LogP contribution < -0.4 is 19.5 Å². The second-order valence-corrected chi connectivity index (χ2v) is 7.80. The Morgan fingerprint density at radius 3 is 2.03 bits per heavy atom. The first-order valence-corrected chi connectivity index (χ1v) is 11.7. The van der Waals surface area contributed by atoms with E-state index in [9.17, 15) is 0 Å². The summed E-state index contributed by atoms with van der Waals surface area (Å²) < 4.78 is 17.3. The summed E-state index contributed by atoms with van der Waals surface area (Å²) in [5.41, 5.74) is 2.24. The second-order valence-electron chi connectivity index (χ2n) is 7.80. The van der Waals surface area contributed by atoms with Crippen LogP contribution in [0.15, 0.2) is 78.9 Å². The van der Waals surface area contributed by atoms with Gasteiger partial charge in [0.25, 0.3) is 0 Å². The molecule has 0 saturated heterocycles. The van der Waals surface area contributed by atoms with Crippen LogP contribution >= 0.6 is 0 Å². The van der Waals surface area contributed by atoms with Gasteiger partial charge in [-0.2, -0.15) is 0 Å². The fourth-order valence-electron chi connectivity index (χ4n) is 3.35. The van der Waals surface area contributed by atoms with E-state index in [-0.39, 0.29) is 0 Å². The highest BCUT2D eigenvalue weighted by Gasteiger charge is 2.00. The van der Waals surface area contributed by atoms with Crippen molar-refractivity contribution < 1.29 is 14.2 Å². The molecule has 3 aromatic carbocycles. The molecule has 0 spiro atoms. The van der Waals surface area contributed by atoms with Crippen LogP contribution in [0.4, 0.5) is 5.69 Å². The predicted octanol–water partition coefficient (Wildman–Crippen LogP) is 7.11. The first kappa shape index (κ1) is 23.5. The molecule has 4 nitrogen and oxygen atoms in total. The highest BCUT2D eigenvalue weighted by atomic mass is 16.5. The Bertz CT molecular complexity index is 881. The number of ether oxygens (including phenoxy) is 3. The van der Waals surface area contributed by atoms with E-state index >= 15 is 0 Å². The monoisotopic (exact) mass is 433 g/mol. The number of benzene rings is 3. The molecule has 0 bridgehead atoms. The van der Waals surface area contributed by atoms with Crippen LogP contribution in [0.5, 0.6) is 17.2 Å². The fraction of sp³-hybridized carbons (Fsp3) is 0.357. The lowest BCUT2D eigenvalue weighted by atomic mass is 10.2. The summed E-state index contributed by atoms with van der Waals surface area (Å²) in [7, 11) is 0. The maximum atomic E-state index is 5.84. The minimum absolute atomic E-state index is 0.506. The Morgan fingerprint density at radius 2 is 1.25 bits per heavy atom. The number of rotatable bonds is 15. The standard InChI is InChI=1S/C28H35NO3/c1-2-3-4-5-9-19-30-27-17-15-25(16-18-27)29-23-24-11-10-14-28(22-24)32-21-20-31-26-12-7-6-8-13-26/h6-8,10-18,22,29H,2-5,9,19-21,23H2,1H3. The van der Waals surface area contributed by atoms with Crippen molar-refractivity contribution in [3.05, 3.63) is 84.4 Å². The number of anilines is 1. The Labute approximate surface area is 192 Å². The van der Waals surface area contributed by atoms with E-state index in [2.05, 4.69) is 36.5 Å². The van der Waals surface area contributed by atoms with E-state index in [1.165, 1.54) is 31.2 Å². The van der Waals surface area contributed by atoms with Crippen LogP contribution in [0.1, 0.15) is 44.6 Å². The second kappa shape index (κ2) is 14.0. The Hall–Kier alpha value is -3.14. The van der Waals surface area contributed by atoms with Gasteiger partial charge < -0.3 is 19.5 Å². The van der Waals surface area contributed by atoms with Crippen LogP contribution in [0.2, 0.25) is 0 Å². The molecule has 0 unspecified atom stereocenters. The van der Waals surface area contributed by atoms with Gasteiger partial charge in [-0.05, 0) is 60.5 Å². The topological polar surface area (TPSA) is 39.7 Å². The van der Waals surface area contributed by atoms with Crippen LogP contribution in [-0.4, -0.2) is 19.8 Å². The zero-order valence-corrected chi connectivity index (χ0v) is 19.1. The SMILES string of the molecule is CCCCCCCOc1ccc(NCc2cccc(OCCOc3ccccc3)c2)cc1. The summed E-state index contributed by atoms with van der Waals surface area (Å²) in [6.45, 7) is 4.78. The minimum atomic E-state index is 0.506. The molecule has 32 heavy (non-hydrogen) atoms. The van der Waals surface area contributed by atoms with Crippen molar-refractivity contribution in [1.82, 2.24) is 0 Å². The summed E-state index contributed by atoms with van der Waals surface area (Å²) in [5.74, 6) is 2.64. The molecular formula is C28H35NO3. The van der Waals surface area contributed by atoms with E-state index in [1.54, 1.807) is 0 Å². The molecule has 3 rings (SSSR count). The van der Waals surface area contributed by atoms with Gasteiger partial charge in [0.15, 0.2) is 0 Å². The molecule has 0 saturated carbocycles. The molecule has 0 fully saturated rings. The van der Waals surface area contributed by atoms with E-state index in [4.69, 9.17) is 14.2 Å². The van der Waals surface area contributed by atoms with Crippen molar-refractivity contribution in [2.45, 2.75) is 45.6 Å². The van der Waals surface area contributed by atoms with Gasteiger partial charge in [0, 0.05) is 12.2 Å². The average molecular weight is 434 g/mol. The number of hydrogen-bond donors (Lipinski definition) is 1. The average Bonchev–Trinajstić information content (AvgIpc) is 2.84. The summed E-state index contributed by atoms with van der Waals surface area (Å²) in [4.78, 5) is 0. The number of nitrogens with one attached hydrogen (secondary N) is 1. The lowest BCUT2D eigenvalue weighted by Gasteiger charge is -2.11. The molecule has 0 amide bonds. The first-order valence-electron chi connectivity index (χ1n) is 11.7. The molecule has 0 aliphatic carbocycles. The molecule has 4 heteroatoms. The third-order valence-electron chi connectivity index (χ3n) is 5.13. The van der Waals surface area contributed by atoms with Crippen LogP contribution in [0.3, 0.4) is 0 Å². The molecule has 0 aromatic heterocycles. The molecule has 0 aliphatic heterocycles. The third kappa shape index (κ3) is 8.93. The van der Waals surface area contributed by atoms with E-state index < -0.39 is 0 Å². The minimum Gasteiger partial charge on any atom is -0.494 e. The smallest absolute Gasteiger partial charge is 0.122 e. The third-order valence-corrected chi connectivity index (χ3v) is 5.13. The molecular weight excluding hydrogens is 398 g/mol. The van der Waals surface area contributed by atoms with Gasteiger partial charge in [0.05, 0.1) is 6.61 Å². The van der Waals surface area contributed by atoms with Crippen molar-refractivity contribution in [2.24, 2.45) is 0 Å². The molecule has 3 aromatic rings. The quantitative estimate of drug-likeness (QED) is 0.259. The number of hydrogen-bond acceptors (Lipinski definition) is 4. The maximum absolute atomic E-state index is 5.84. The lowest BCUT2D eigenvalue weighted by Crippen LogP contribution is -2.09. The molecule has 0 atom stereocenters. The summed E-state index contributed by atoms with van der Waals surface area (Å²) in [6.07, 6.45) is 6.26. The van der Waals surface area contributed by atoms with Crippen LogP contribution in [0.25, 0.3) is 0 Å². The largest absolute Gasteiger partial charge is 0.494 e. The van der Waals surface area contributed by atoms with Gasteiger partial charge in [-0.15, -0.1) is 0 Å². The molecule has 0 radical (unpaired) electrons. The molecule has 170 valence electrons. The summed E-state index contributed by atoms with van der Waals surface area (Å²) in [6, 6.07) is 26.1. The van der Waals surface area contributed by atoms with Crippen LogP contribution in [0, 0.1) is 0 Å². The maximum Gasteiger partial charge on any atom is 0.122 e. The Balaban J connectivity index is 1.35. The Kier molecular flexibility index (Phi) is 10.3. The van der Waals surface area contributed by atoms with Gasteiger partial charge in [-0.1, -0.05) is 62.9 Å². The van der Waals surface area contributed by atoms with Crippen molar-refractivity contribution in [2.75, 3.05) is 25.1 Å². The van der Waals surface area contributed by atoms with Crippen molar-refractivity contribution in [3.63, 3.8) is 0 Å². The van der Waals surface area contributed by atoms with E-state index in [1.807, 2.05) is 54.6 Å². The molecule has 0 aliphatic rings. The zero-order chi connectivity index (χ0) is 22.3. The van der Waals surface area contributed by atoms with Gasteiger partial charge >= 0.3 is 0 Å². The van der Waals surface area contributed by atoms with Gasteiger partial charge in [-0.25, -0.2) is 0 Å². The molecule has 0 heterocycles. The van der Waals surface area contributed by atoms with E-state index in [0.717, 1.165) is 42.5 Å². The Morgan fingerprint density at radius 1 is 0.594 bits per heavy atom. The highest BCUT2D eigenvalue weighted by Crippen LogP contribution is 2.19. The zero-order valence-electron chi connectivity index (χ0n) is 19.1. The van der Waals surface area contributed by atoms with Gasteiger partial charge in [0.1, 0.15) is 30.5 Å². The summed E-state index contributed by atoms with van der Waals surface area (Å²) >= 11 is 0. The number of para-hydroxylation sites is 1. The summed E-state index contributed by atoms with van der Waals surface area (Å²) in [5, 5.41) is 3.46. The van der Waals surface area contributed by atoms with Crippen LogP contribution in [-0.2, 0) is 6.54 Å². The lowest BCUT2D eigenvalue weighted by molar-refractivity contribution is 0.217. The normalized spacial score (nSPS) is 10.5. The van der Waals surface area contributed by atoms with Crippen molar-refractivity contribution in [3.8, 4) is 17.2 Å². The number of unbranched alkanes of at least 4 members (excludes halogenated alkanes) is 4. The van der Waals surface area contributed by atoms with Crippen molar-refractivity contribution in [1.29, 1.82) is 0 Å². The van der Waals surface area contributed by atoms with Crippen molar-refractivity contribution >= 4 is 5.69 Å².